The highest BCUT2D eigenvalue weighted by Gasteiger charge is 2.07. The van der Waals surface area contributed by atoms with Crippen molar-refractivity contribution in [3.05, 3.63) is 41.0 Å². The molecule has 1 aromatic rings. The van der Waals surface area contributed by atoms with Crippen molar-refractivity contribution >= 4 is 6.08 Å². The minimum Gasteiger partial charge on any atom is -0.312 e. The van der Waals surface area contributed by atoms with E-state index in [9.17, 15) is 0 Å². The summed E-state index contributed by atoms with van der Waals surface area (Å²) in [6.07, 6.45) is 5.52. The topological polar surface area (TPSA) is 35.8 Å². The fourth-order valence-corrected chi connectivity index (χ4v) is 1.85. The number of benzene rings is 1. The maximum atomic E-state index is 8.43. The molecule has 1 N–H and O–H groups in total. The van der Waals surface area contributed by atoms with Crippen LogP contribution in [-0.2, 0) is 13.0 Å². The van der Waals surface area contributed by atoms with E-state index in [0.717, 1.165) is 19.5 Å². The van der Waals surface area contributed by atoms with Gasteiger partial charge in [-0.3, -0.25) is 0 Å². The van der Waals surface area contributed by atoms with Gasteiger partial charge in [0, 0.05) is 6.54 Å². The van der Waals surface area contributed by atoms with E-state index in [1.165, 1.54) is 16.7 Å². The lowest BCUT2D eigenvalue weighted by atomic mass is 9.98. The van der Waals surface area contributed by atoms with Crippen molar-refractivity contribution in [3.8, 4) is 6.07 Å². The second-order valence-corrected chi connectivity index (χ2v) is 3.72. The molecule has 1 aliphatic rings. The second-order valence-electron chi connectivity index (χ2n) is 3.72. The summed E-state index contributed by atoms with van der Waals surface area (Å²) in [5, 5.41) is 11.8. The highest BCUT2D eigenvalue weighted by molar-refractivity contribution is 5.52. The summed E-state index contributed by atoms with van der Waals surface area (Å²) in [6.45, 7) is 2.05. The Morgan fingerprint density at radius 3 is 3.20 bits per heavy atom. The Hall–Kier alpha value is -1.59. The van der Waals surface area contributed by atoms with Crippen LogP contribution < -0.4 is 5.32 Å². The molecule has 2 nitrogen and oxygen atoms in total. The number of nitrogens with zero attached hydrogens (tertiary/aromatic N) is 1. The minimum absolute atomic E-state index is 0.485. The number of fused-ring (bicyclic) bond motifs is 1. The molecular formula is C13H14N2. The summed E-state index contributed by atoms with van der Waals surface area (Å²) < 4.78 is 0. The lowest BCUT2D eigenvalue weighted by Gasteiger charge is -2.17. The average molecular weight is 198 g/mol. The van der Waals surface area contributed by atoms with Gasteiger partial charge in [0.1, 0.15) is 0 Å². The van der Waals surface area contributed by atoms with E-state index in [2.05, 4.69) is 29.6 Å². The average Bonchev–Trinajstić information content (AvgIpc) is 2.29. The van der Waals surface area contributed by atoms with Crippen LogP contribution in [0, 0.1) is 11.3 Å². The zero-order valence-corrected chi connectivity index (χ0v) is 8.66. The van der Waals surface area contributed by atoms with E-state index >= 15 is 0 Å². The SMILES string of the molecule is N#CCC=Cc1ccc2c(c1)CCNC2. The van der Waals surface area contributed by atoms with Gasteiger partial charge in [0.05, 0.1) is 12.5 Å². The predicted molar refractivity (Wildman–Crippen MR) is 61.1 cm³/mol. The van der Waals surface area contributed by atoms with Crippen molar-refractivity contribution in [2.45, 2.75) is 19.4 Å². The third-order valence-corrected chi connectivity index (χ3v) is 2.64. The maximum Gasteiger partial charge on any atom is 0.0663 e. The third-order valence-electron chi connectivity index (χ3n) is 2.64. The Morgan fingerprint density at radius 1 is 1.40 bits per heavy atom. The van der Waals surface area contributed by atoms with Crippen LogP contribution in [0.15, 0.2) is 24.3 Å². The highest BCUT2D eigenvalue weighted by Crippen LogP contribution is 2.16. The van der Waals surface area contributed by atoms with Gasteiger partial charge in [-0.05, 0) is 29.7 Å². The van der Waals surface area contributed by atoms with Crippen LogP contribution in [-0.4, -0.2) is 6.54 Å². The molecule has 15 heavy (non-hydrogen) atoms. The molecule has 0 amide bonds. The van der Waals surface area contributed by atoms with E-state index in [1.54, 1.807) is 0 Å². The number of nitriles is 1. The molecule has 2 rings (SSSR count). The quantitative estimate of drug-likeness (QED) is 0.791. The van der Waals surface area contributed by atoms with Gasteiger partial charge in [-0.25, -0.2) is 0 Å². The first-order valence-corrected chi connectivity index (χ1v) is 5.26. The molecule has 0 aromatic heterocycles. The summed E-state index contributed by atoms with van der Waals surface area (Å²) in [5.41, 5.74) is 4.04. The smallest absolute Gasteiger partial charge is 0.0663 e. The Kier molecular flexibility index (Phi) is 3.16. The first-order chi connectivity index (χ1) is 7.40. The van der Waals surface area contributed by atoms with E-state index < -0.39 is 0 Å². The first-order valence-electron chi connectivity index (χ1n) is 5.26. The maximum absolute atomic E-state index is 8.43. The van der Waals surface area contributed by atoms with Crippen LogP contribution in [0.3, 0.4) is 0 Å². The van der Waals surface area contributed by atoms with Crippen LogP contribution >= 0.6 is 0 Å². The Bertz CT molecular complexity index is 413. The second kappa shape index (κ2) is 4.77. The molecule has 0 atom stereocenters. The van der Waals surface area contributed by atoms with Crippen LogP contribution in [0.2, 0.25) is 0 Å². The van der Waals surface area contributed by atoms with Gasteiger partial charge in [0.25, 0.3) is 0 Å². The van der Waals surface area contributed by atoms with Crippen molar-refractivity contribution in [2.75, 3.05) is 6.54 Å². The van der Waals surface area contributed by atoms with Crippen molar-refractivity contribution in [3.63, 3.8) is 0 Å². The molecule has 0 aliphatic carbocycles. The molecular weight excluding hydrogens is 184 g/mol. The lowest BCUT2D eigenvalue weighted by molar-refractivity contribution is 0.643. The lowest BCUT2D eigenvalue weighted by Crippen LogP contribution is -2.23. The molecule has 1 aliphatic heterocycles. The van der Waals surface area contributed by atoms with Crippen LogP contribution in [0.1, 0.15) is 23.1 Å². The van der Waals surface area contributed by atoms with Gasteiger partial charge in [0.15, 0.2) is 0 Å². The molecule has 0 bridgehead atoms. The number of hydrogen-bond donors (Lipinski definition) is 1. The number of hydrogen-bond acceptors (Lipinski definition) is 2. The van der Waals surface area contributed by atoms with Crippen LogP contribution in [0.5, 0.6) is 0 Å². The standard InChI is InChI=1S/C13H14N2/c14-7-2-1-3-11-4-5-13-10-15-8-6-12(13)9-11/h1,3-5,9,15H,2,6,8,10H2. The first kappa shape index (κ1) is 9.95. The number of rotatable bonds is 2. The fourth-order valence-electron chi connectivity index (χ4n) is 1.85. The van der Waals surface area contributed by atoms with Crippen LogP contribution in [0.25, 0.3) is 6.08 Å². The molecule has 1 heterocycles. The van der Waals surface area contributed by atoms with Gasteiger partial charge < -0.3 is 5.32 Å². The molecule has 0 saturated carbocycles. The Balaban J connectivity index is 2.17. The van der Waals surface area contributed by atoms with Crippen molar-refractivity contribution in [1.29, 1.82) is 5.26 Å². The third kappa shape index (κ3) is 2.45. The molecule has 0 radical (unpaired) electrons. The normalized spacial score (nSPS) is 14.9. The molecule has 76 valence electrons. The van der Waals surface area contributed by atoms with E-state index in [1.807, 2.05) is 12.2 Å². The summed E-state index contributed by atoms with van der Waals surface area (Å²) in [5.74, 6) is 0. The Labute approximate surface area is 90.2 Å². The summed E-state index contributed by atoms with van der Waals surface area (Å²) in [4.78, 5) is 0. The molecule has 0 saturated heterocycles. The molecule has 1 aromatic carbocycles. The predicted octanol–water partition coefficient (Wildman–Crippen LogP) is 2.26. The van der Waals surface area contributed by atoms with E-state index in [4.69, 9.17) is 5.26 Å². The number of nitrogens with one attached hydrogen (secondary N) is 1. The summed E-state index contributed by atoms with van der Waals surface area (Å²) in [6, 6.07) is 8.61. The molecule has 0 unspecified atom stereocenters. The minimum atomic E-state index is 0.485. The summed E-state index contributed by atoms with van der Waals surface area (Å²) >= 11 is 0. The monoisotopic (exact) mass is 198 g/mol. The van der Waals surface area contributed by atoms with Gasteiger partial charge >= 0.3 is 0 Å². The summed E-state index contributed by atoms with van der Waals surface area (Å²) in [7, 11) is 0. The van der Waals surface area contributed by atoms with Crippen molar-refractivity contribution in [2.24, 2.45) is 0 Å². The molecule has 0 spiro atoms. The van der Waals surface area contributed by atoms with Crippen molar-refractivity contribution in [1.82, 2.24) is 5.32 Å². The highest BCUT2D eigenvalue weighted by atomic mass is 14.9. The van der Waals surface area contributed by atoms with Gasteiger partial charge in [-0.1, -0.05) is 30.4 Å². The molecule has 0 fully saturated rings. The van der Waals surface area contributed by atoms with Crippen molar-refractivity contribution < 1.29 is 0 Å². The Morgan fingerprint density at radius 2 is 2.33 bits per heavy atom. The van der Waals surface area contributed by atoms with Gasteiger partial charge in [-0.2, -0.15) is 5.26 Å². The zero-order valence-electron chi connectivity index (χ0n) is 8.66. The van der Waals surface area contributed by atoms with Gasteiger partial charge in [-0.15, -0.1) is 0 Å². The van der Waals surface area contributed by atoms with Crippen LogP contribution in [0.4, 0.5) is 0 Å². The largest absolute Gasteiger partial charge is 0.312 e. The van der Waals surface area contributed by atoms with Gasteiger partial charge in [0.2, 0.25) is 0 Å². The van der Waals surface area contributed by atoms with E-state index in [-0.39, 0.29) is 0 Å². The number of allylic oxidation sites excluding steroid dienone is 1. The molecule has 2 heteroatoms. The zero-order chi connectivity index (χ0) is 10.5. The van der Waals surface area contributed by atoms with E-state index in [0.29, 0.717) is 6.42 Å². The fraction of sp³-hybridized carbons (Fsp3) is 0.308.